The molecule has 7 heteroatoms. The molecule has 0 radical (unpaired) electrons. The zero-order valence-electron chi connectivity index (χ0n) is 14.2. The maximum Gasteiger partial charge on any atom is 0.264 e. The van der Waals surface area contributed by atoms with Gasteiger partial charge in [-0.1, -0.05) is 42.5 Å². The average molecular weight is 365 g/mol. The Morgan fingerprint density at radius 3 is 2.62 bits per heavy atom. The van der Waals surface area contributed by atoms with Gasteiger partial charge in [-0.25, -0.2) is 0 Å². The van der Waals surface area contributed by atoms with Crippen LogP contribution in [0.2, 0.25) is 0 Å². The van der Waals surface area contributed by atoms with E-state index < -0.39 is 0 Å². The summed E-state index contributed by atoms with van der Waals surface area (Å²) in [6.45, 7) is 1.75. The quantitative estimate of drug-likeness (QED) is 0.619. The minimum atomic E-state index is -0.322. The van der Waals surface area contributed by atoms with Crippen molar-refractivity contribution in [3.63, 3.8) is 0 Å². The van der Waals surface area contributed by atoms with Crippen molar-refractivity contribution in [2.75, 3.05) is 29.0 Å². The predicted molar refractivity (Wildman–Crippen MR) is 110 cm³/mol. The number of nitrogens with two attached hydrogens (primary N) is 1. The molecule has 0 bridgehead atoms. The fourth-order valence-electron chi connectivity index (χ4n) is 3.24. The van der Waals surface area contributed by atoms with E-state index in [0.29, 0.717) is 5.95 Å². The third-order valence-corrected chi connectivity index (χ3v) is 4.88. The number of aromatic amines is 1. The van der Waals surface area contributed by atoms with Gasteiger partial charge in [0.1, 0.15) is 16.4 Å². The largest absolute Gasteiger partial charge is 0.383 e. The molecule has 1 aromatic heterocycles. The summed E-state index contributed by atoms with van der Waals surface area (Å²) in [4.78, 5) is 22.0. The van der Waals surface area contributed by atoms with Crippen molar-refractivity contribution >= 4 is 45.4 Å². The summed E-state index contributed by atoms with van der Waals surface area (Å²) in [5.41, 5.74) is 6.73. The highest BCUT2D eigenvalue weighted by Crippen LogP contribution is 2.21. The molecule has 0 saturated carbocycles. The number of nitrogens with one attached hydrogen (secondary N) is 2. The molecule has 2 heterocycles. The van der Waals surface area contributed by atoms with Gasteiger partial charge >= 0.3 is 0 Å². The number of benzene rings is 2. The van der Waals surface area contributed by atoms with Crippen LogP contribution in [-0.2, 0) is 0 Å². The van der Waals surface area contributed by atoms with Crippen molar-refractivity contribution in [1.82, 2.24) is 9.97 Å². The van der Waals surface area contributed by atoms with Crippen LogP contribution >= 0.6 is 12.2 Å². The van der Waals surface area contributed by atoms with Crippen molar-refractivity contribution in [3.05, 3.63) is 58.4 Å². The Labute approximate surface area is 156 Å². The molecule has 1 fully saturated rings. The minimum Gasteiger partial charge on any atom is -0.383 e. The Balaban J connectivity index is 1.61. The third kappa shape index (κ3) is 3.13. The van der Waals surface area contributed by atoms with Crippen molar-refractivity contribution in [2.45, 2.75) is 12.8 Å². The predicted octanol–water partition coefficient (Wildman–Crippen LogP) is 2.89. The molecule has 26 heavy (non-hydrogen) atoms. The summed E-state index contributed by atoms with van der Waals surface area (Å²) in [5.74, 6) is 0.663. The van der Waals surface area contributed by atoms with Crippen LogP contribution in [0.4, 0.5) is 17.5 Å². The van der Waals surface area contributed by atoms with E-state index in [0.717, 1.165) is 42.4 Å². The second-order valence-corrected chi connectivity index (χ2v) is 6.77. The highest BCUT2D eigenvalue weighted by Gasteiger charge is 2.19. The maximum atomic E-state index is 12.5. The standard InChI is InChI=1S/C19H19N5OS/c20-16-15(17(25)23-19(22-16)24-9-3-4-10-24)18(26)21-14-8-7-12-5-1-2-6-13(12)11-14/h1-2,5-8,11H,3-4,9-10H2,(H,21,26)(H3,20,22,23,25). The number of H-pyrrole nitrogens is 1. The van der Waals surface area contributed by atoms with Gasteiger partial charge < -0.3 is 16.0 Å². The summed E-state index contributed by atoms with van der Waals surface area (Å²) in [6, 6.07) is 14.0. The molecule has 0 spiro atoms. The van der Waals surface area contributed by atoms with Gasteiger partial charge in [0.05, 0.1) is 0 Å². The lowest BCUT2D eigenvalue weighted by Crippen LogP contribution is -2.30. The maximum absolute atomic E-state index is 12.5. The minimum absolute atomic E-state index is 0.147. The SMILES string of the molecule is Nc1nc(N2CCCC2)[nH]c(=O)c1C(=S)Nc1ccc2ccccc2c1. The zero-order valence-corrected chi connectivity index (χ0v) is 15.0. The molecule has 4 N–H and O–H groups in total. The molecule has 0 atom stereocenters. The van der Waals surface area contributed by atoms with Crippen LogP contribution in [0.5, 0.6) is 0 Å². The molecule has 1 aliphatic heterocycles. The molecule has 0 unspecified atom stereocenters. The van der Waals surface area contributed by atoms with Crippen LogP contribution in [0.3, 0.4) is 0 Å². The summed E-state index contributed by atoms with van der Waals surface area (Å²) >= 11 is 5.41. The van der Waals surface area contributed by atoms with Gasteiger partial charge in [0, 0.05) is 18.8 Å². The van der Waals surface area contributed by atoms with Crippen LogP contribution in [-0.4, -0.2) is 28.0 Å². The van der Waals surface area contributed by atoms with E-state index >= 15 is 0 Å². The second-order valence-electron chi connectivity index (χ2n) is 6.36. The summed E-state index contributed by atoms with van der Waals surface area (Å²) in [6.07, 6.45) is 2.18. The molecule has 3 aromatic rings. The van der Waals surface area contributed by atoms with E-state index in [4.69, 9.17) is 18.0 Å². The summed E-state index contributed by atoms with van der Waals surface area (Å²) in [5, 5.41) is 5.32. The van der Waals surface area contributed by atoms with E-state index in [2.05, 4.69) is 15.3 Å². The van der Waals surface area contributed by atoms with Crippen LogP contribution in [0.25, 0.3) is 10.8 Å². The van der Waals surface area contributed by atoms with Crippen LogP contribution in [0, 0.1) is 0 Å². The second kappa shape index (κ2) is 6.76. The van der Waals surface area contributed by atoms with Gasteiger partial charge in [0.2, 0.25) is 5.95 Å². The first-order valence-electron chi connectivity index (χ1n) is 8.57. The molecule has 2 aromatic carbocycles. The Hall–Kier alpha value is -2.93. The smallest absolute Gasteiger partial charge is 0.264 e. The monoisotopic (exact) mass is 365 g/mol. The Kier molecular flexibility index (Phi) is 4.30. The topological polar surface area (TPSA) is 87.0 Å². The molecular weight excluding hydrogens is 346 g/mol. The summed E-state index contributed by atoms with van der Waals surface area (Å²) in [7, 11) is 0. The number of hydrogen-bond acceptors (Lipinski definition) is 5. The van der Waals surface area contributed by atoms with Gasteiger partial charge in [0.25, 0.3) is 5.56 Å². The lowest BCUT2D eigenvalue weighted by atomic mass is 10.1. The van der Waals surface area contributed by atoms with Gasteiger partial charge in [-0.2, -0.15) is 4.98 Å². The fraction of sp³-hybridized carbons (Fsp3) is 0.211. The third-order valence-electron chi connectivity index (χ3n) is 4.57. The first-order chi connectivity index (χ1) is 12.6. The Morgan fingerprint density at radius 2 is 1.88 bits per heavy atom. The number of hydrogen-bond donors (Lipinski definition) is 3. The molecule has 6 nitrogen and oxygen atoms in total. The van der Waals surface area contributed by atoms with Crippen LogP contribution in [0.15, 0.2) is 47.3 Å². The number of rotatable bonds is 3. The van der Waals surface area contributed by atoms with Crippen molar-refractivity contribution in [1.29, 1.82) is 0 Å². The zero-order chi connectivity index (χ0) is 18.1. The Morgan fingerprint density at radius 1 is 1.15 bits per heavy atom. The van der Waals surface area contributed by atoms with E-state index in [-0.39, 0.29) is 21.9 Å². The van der Waals surface area contributed by atoms with Gasteiger partial charge in [0.15, 0.2) is 0 Å². The van der Waals surface area contributed by atoms with Crippen molar-refractivity contribution < 1.29 is 0 Å². The molecule has 4 rings (SSSR count). The molecule has 132 valence electrons. The summed E-state index contributed by atoms with van der Waals surface area (Å²) < 4.78 is 0. The van der Waals surface area contributed by atoms with Gasteiger partial charge in [-0.3, -0.25) is 9.78 Å². The van der Waals surface area contributed by atoms with E-state index in [1.807, 2.05) is 47.4 Å². The van der Waals surface area contributed by atoms with Crippen molar-refractivity contribution in [2.24, 2.45) is 0 Å². The number of thiocarbonyl (C=S) groups is 1. The average Bonchev–Trinajstić information content (AvgIpc) is 3.15. The van der Waals surface area contributed by atoms with E-state index in [1.54, 1.807) is 0 Å². The first-order valence-corrected chi connectivity index (χ1v) is 8.97. The van der Waals surface area contributed by atoms with E-state index in [1.165, 1.54) is 0 Å². The van der Waals surface area contributed by atoms with Crippen LogP contribution < -0.4 is 21.5 Å². The highest BCUT2D eigenvalue weighted by atomic mass is 32.1. The molecule has 1 saturated heterocycles. The first kappa shape index (κ1) is 16.5. The lowest BCUT2D eigenvalue weighted by molar-refractivity contribution is 0.891. The van der Waals surface area contributed by atoms with Gasteiger partial charge in [-0.15, -0.1) is 0 Å². The van der Waals surface area contributed by atoms with Crippen molar-refractivity contribution in [3.8, 4) is 0 Å². The molecular formula is C19H19N5OS. The lowest BCUT2D eigenvalue weighted by Gasteiger charge is -2.17. The number of fused-ring (bicyclic) bond motifs is 1. The number of anilines is 3. The molecule has 0 aliphatic carbocycles. The molecule has 0 amide bonds. The van der Waals surface area contributed by atoms with Gasteiger partial charge in [-0.05, 0) is 35.7 Å². The molecule has 1 aliphatic rings. The van der Waals surface area contributed by atoms with E-state index in [9.17, 15) is 4.79 Å². The number of nitrogen functional groups attached to an aromatic ring is 1. The number of nitrogens with zero attached hydrogens (tertiary/aromatic N) is 2. The normalized spacial score (nSPS) is 13.9. The number of aromatic nitrogens is 2. The Bertz CT molecular complexity index is 1040. The fourth-order valence-corrected chi connectivity index (χ4v) is 3.55. The highest BCUT2D eigenvalue weighted by molar-refractivity contribution is 7.81. The van der Waals surface area contributed by atoms with Crippen LogP contribution in [0.1, 0.15) is 18.4 Å².